The molecular weight excluding hydrogens is 380 g/mol. The van der Waals surface area contributed by atoms with Gasteiger partial charge >= 0.3 is 0 Å². The second kappa shape index (κ2) is 8.00. The predicted octanol–water partition coefficient (Wildman–Crippen LogP) is 2.99. The van der Waals surface area contributed by atoms with Crippen LogP contribution in [0, 0.1) is 5.92 Å². The number of pyridine rings is 1. The van der Waals surface area contributed by atoms with Crippen molar-refractivity contribution in [1.82, 2.24) is 10.3 Å². The Labute approximate surface area is 176 Å². The van der Waals surface area contributed by atoms with Crippen LogP contribution < -0.4 is 10.9 Å². The minimum Gasteiger partial charge on any atom is -0.390 e. The van der Waals surface area contributed by atoms with E-state index in [1.54, 1.807) is 0 Å². The Balaban J connectivity index is 1.49. The Morgan fingerprint density at radius 2 is 1.97 bits per heavy atom. The summed E-state index contributed by atoms with van der Waals surface area (Å²) in [5.74, 6) is -0.0257. The zero-order chi connectivity index (χ0) is 21.4. The van der Waals surface area contributed by atoms with Gasteiger partial charge in [-0.2, -0.15) is 0 Å². The Hall–Kier alpha value is -2.44. The van der Waals surface area contributed by atoms with Gasteiger partial charge in [0.15, 0.2) is 0 Å². The molecule has 2 saturated heterocycles. The SMILES string of the molecule is C[C@]12CC[C@@H](CNC(=O)c3ccc(=O)[nH]c3)[C@H](O)[C@](C)(C[C@@H](c3ccccc3)C1)O2. The van der Waals surface area contributed by atoms with Crippen molar-refractivity contribution in [3.05, 3.63) is 70.1 Å². The number of aromatic nitrogens is 1. The van der Waals surface area contributed by atoms with Crippen LogP contribution >= 0.6 is 0 Å². The second-order valence-electron chi connectivity index (χ2n) is 9.28. The number of fused-ring (bicyclic) bond motifs is 2. The number of carbonyl (C=O) groups excluding carboxylic acids is 1. The standard InChI is InChI=1S/C24H30N2O4/c1-23-11-10-17(14-26-22(29)18-8-9-20(27)25-15-18)21(28)24(2,30-23)13-19(12-23)16-6-4-3-5-7-16/h3-9,15,17,19,21,28H,10-14H2,1-2H3,(H,25,27)(H,26,29)/t17-,19-,21-,23-,24-/m0/s1. The van der Waals surface area contributed by atoms with Crippen LogP contribution in [0.25, 0.3) is 0 Å². The minimum absolute atomic E-state index is 0.0990. The highest BCUT2D eigenvalue weighted by molar-refractivity contribution is 5.93. The Morgan fingerprint density at radius 1 is 1.20 bits per heavy atom. The number of carbonyl (C=O) groups is 1. The van der Waals surface area contributed by atoms with Crippen LogP contribution in [0.2, 0.25) is 0 Å². The lowest BCUT2D eigenvalue weighted by molar-refractivity contribution is -0.215. The summed E-state index contributed by atoms with van der Waals surface area (Å²) in [7, 11) is 0. The topological polar surface area (TPSA) is 91.4 Å². The van der Waals surface area contributed by atoms with E-state index in [2.05, 4.69) is 41.5 Å². The van der Waals surface area contributed by atoms with Gasteiger partial charge in [0.25, 0.3) is 5.91 Å². The van der Waals surface area contributed by atoms with Crippen molar-refractivity contribution in [2.75, 3.05) is 6.54 Å². The maximum absolute atomic E-state index is 12.5. The molecule has 0 saturated carbocycles. The van der Waals surface area contributed by atoms with Gasteiger partial charge in [0.05, 0.1) is 22.9 Å². The Morgan fingerprint density at radius 3 is 2.67 bits per heavy atom. The molecule has 0 spiro atoms. The van der Waals surface area contributed by atoms with E-state index in [-0.39, 0.29) is 23.0 Å². The van der Waals surface area contributed by atoms with Gasteiger partial charge in [0.1, 0.15) is 0 Å². The molecule has 6 heteroatoms. The average Bonchev–Trinajstić information content (AvgIpc) is 2.79. The molecule has 1 aromatic carbocycles. The molecule has 0 aliphatic carbocycles. The molecule has 2 fully saturated rings. The molecule has 3 N–H and O–H groups in total. The number of ether oxygens (including phenoxy) is 1. The summed E-state index contributed by atoms with van der Waals surface area (Å²) in [6, 6.07) is 13.3. The first-order valence-electron chi connectivity index (χ1n) is 10.7. The first-order chi connectivity index (χ1) is 14.3. The summed E-state index contributed by atoms with van der Waals surface area (Å²) >= 11 is 0. The van der Waals surface area contributed by atoms with E-state index in [1.165, 1.54) is 23.9 Å². The average molecular weight is 411 g/mol. The normalized spacial score (nSPS) is 33.5. The molecule has 2 aliphatic rings. The zero-order valence-electron chi connectivity index (χ0n) is 17.6. The molecule has 2 bridgehead atoms. The molecule has 0 radical (unpaired) electrons. The molecule has 2 aliphatic heterocycles. The smallest absolute Gasteiger partial charge is 0.252 e. The molecule has 0 unspecified atom stereocenters. The van der Waals surface area contributed by atoms with E-state index >= 15 is 0 Å². The van der Waals surface area contributed by atoms with E-state index in [9.17, 15) is 14.7 Å². The number of aliphatic hydroxyl groups excluding tert-OH is 1. The first kappa shape index (κ1) is 20.8. The maximum Gasteiger partial charge on any atom is 0.252 e. The first-order valence-corrected chi connectivity index (χ1v) is 10.7. The van der Waals surface area contributed by atoms with Gasteiger partial charge in [-0.15, -0.1) is 0 Å². The molecule has 5 atom stereocenters. The summed E-state index contributed by atoms with van der Waals surface area (Å²) in [5.41, 5.74) is 0.471. The van der Waals surface area contributed by atoms with E-state index in [0.717, 1.165) is 25.7 Å². The molecule has 2 aromatic rings. The minimum atomic E-state index is -0.679. The maximum atomic E-state index is 12.5. The highest BCUT2D eigenvalue weighted by Gasteiger charge is 2.52. The van der Waals surface area contributed by atoms with Crippen molar-refractivity contribution in [2.45, 2.75) is 62.8 Å². The number of benzene rings is 1. The third-order valence-electron chi connectivity index (χ3n) is 6.77. The molecule has 30 heavy (non-hydrogen) atoms. The predicted molar refractivity (Wildman–Crippen MR) is 114 cm³/mol. The van der Waals surface area contributed by atoms with E-state index in [4.69, 9.17) is 4.74 Å². The van der Waals surface area contributed by atoms with Crippen LogP contribution in [0.3, 0.4) is 0 Å². The molecule has 1 amide bonds. The van der Waals surface area contributed by atoms with Crippen LogP contribution in [0.5, 0.6) is 0 Å². The number of aliphatic hydroxyl groups is 1. The summed E-state index contributed by atoms with van der Waals surface area (Å²) < 4.78 is 6.52. The quantitative estimate of drug-likeness (QED) is 0.723. The third kappa shape index (κ3) is 4.20. The number of aromatic amines is 1. The largest absolute Gasteiger partial charge is 0.390 e. The van der Waals surface area contributed by atoms with Gasteiger partial charge in [-0.1, -0.05) is 30.3 Å². The van der Waals surface area contributed by atoms with Crippen molar-refractivity contribution < 1.29 is 14.6 Å². The van der Waals surface area contributed by atoms with Crippen LogP contribution in [0.15, 0.2) is 53.5 Å². The van der Waals surface area contributed by atoms with Gasteiger partial charge < -0.3 is 20.1 Å². The van der Waals surface area contributed by atoms with Crippen molar-refractivity contribution in [2.24, 2.45) is 5.92 Å². The lowest BCUT2D eigenvalue weighted by atomic mass is 9.74. The molecule has 1 aromatic heterocycles. The van der Waals surface area contributed by atoms with Crippen LogP contribution in [0.1, 0.15) is 61.4 Å². The summed E-state index contributed by atoms with van der Waals surface area (Å²) in [6.07, 6.45) is 4.02. The molecule has 6 nitrogen and oxygen atoms in total. The highest BCUT2D eigenvalue weighted by Crippen LogP contribution is 2.50. The van der Waals surface area contributed by atoms with Crippen LogP contribution in [-0.4, -0.2) is 39.8 Å². The number of H-pyrrole nitrogens is 1. The monoisotopic (exact) mass is 410 g/mol. The fourth-order valence-corrected chi connectivity index (χ4v) is 5.26. The Bertz CT molecular complexity index is 939. The van der Waals surface area contributed by atoms with E-state index in [1.807, 2.05) is 13.0 Å². The van der Waals surface area contributed by atoms with Gasteiger partial charge in [-0.25, -0.2) is 0 Å². The second-order valence-corrected chi connectivity index (χ2v) is 9.28. The fraction of sp³-hybridized carbons (Fsp3) is 0.500. The summed E-state index contributed by atoms with van der Waals surface area (Å²) in [4.78, 5) is 26.2. The lowest BCUT2D eigenvalue weighted by Gasteiger charge is -2.49. The van der Waals surface area contributed by atoms with E-state index < -0.39 is 11.7 Å². The van der Waals surface area contributed by atoms with Crippen molar-refractivity contribution in [3.63, 3.8) is 0 Å². The number of amides is 1. The van der Waals surface area contributed by atoms with Gasteiger partial charge in [0, 0.05) is 24.7 Å². The fourth-order valence-electron chi connectivity index (χ4n) is 5.26. The van der Waals surface area contributed by atoms with E-state index in [0.29, 0.717) is 18.0 Å². The van der Waals surface area contributed by atoms with Crippen molar-refractivity contribution >= 4 is 5.91 Å². The third-order valence-corrected chi connectivity index (χ3v) is 6.77. The molecular formula is C24H30N2O4. The van der Waals surface area contributed by atoms with Crippen LogP contribution in [-0.2, 0) is 4.74 Å². The van der Waals surface area contributed by atoms with Crippen molar-refractivity contribution in [1.29, 1.82) is 0 Å². The number of hydrogen-bond donors (Lipinski definition) is 3. The summed E-state index contributed by atoms with van der Waals surface area (Å²) in [6.45, 7) is 4.52. The highest BCUT2D eigenvalue weighted by atomic mass is 16.5. The Kier molecular flexibility index (Phi) is 5.55. The molecule has 160 valence electrons. The number of hydrogen-bond acceptors (Lipinski definition) is 4. The lowest BCUT2D eigenvalue weighted by Crippen LogP contribution is -2.54. The van der Waals surface area contributed by atoms with Crippen LogP contribution in [0.4, 0.5) is 0 Å². The van der Waals surface area contributed by atoms with Gasteiger partial charge in [0.2, 0.25) is 5.56 Å². The summed E-state index contributed by atoms with van der Waals surface area (Å²) in [5, 5.41) is 14.2. The van der Waals surface area contributed by atoms with Crippen molar-refractivity contribution in [3.8, 4) is 0 Å². The molecule has 3 heterocycles. The van der Waals surface area contributed by atoms with Gasteiger partial charge in [-0.3, -0.25) is 9.59 Å². The number of rotatable bonds is 4. The zero-order valence-corrected chi connectivity index (χ0v) is 17.6. The molecule has 4 rings (SSSR count). The van der Waals surface area contributed by atoms with Gasteiger partial charge in [-0.05, 0) is 57.1 Å². The number of nitrogens with one attached hydrogen (secondary N) is 2.